The summed E-state index contributed by atoms with van der Waals surface area (Å²) in [6.45, 7) is 2.01. The van der Waals surface area contributed by atoms with E-state index < -0.39 is 11.5 Å². The zero-order chi connectivity index (χ0) is 21.5. The van der Waals surface area contributed by atoms with Crippen LogP contribution in [0, 0.1) is 5.82 Å². The largest absolute Gasteiger partial charge is 0.460 e. The van der Waals surface area contributed by atoms with Crippen LogP contribution in [0.15, 0.2) is 63.3 Å². The van der Waals surface area contributed by atoms with Crippen molar-refractivity contribution in [1.29, 1.82) is 0 Å². The van der Waals surface area contributed by atoms with Gasteiger partial charge >= 0.3 is 5.69 Å². The first-order valence-electron chi connectivity index (χ1n) is 9.29. The van der Waals surface area contributed by atoms with Gasteiger partial charge in [0.1, 0.15) is 24.8 Å². The molecule has 0 saturated carbocycles. The Morgan fingerprint density at radius 3 is 2.57 bits per heavy atom. The molecule has 2 aromatic carbocycles. The van der Waals surface area contributed by atoms with Gasteiger partial charge in [0.25, 0.3) is 6.02 Å². The van der Waals surface area contributed by atoms with E-state index in [0.717, 1.165) is 27.1 Å². The number of tetrazole rings is 1. The second-order valence-electron chi connectivity index (χ2n) is 6.30. The van der Waals surface area contributed by atoms with Gasteiger partial charge in [-0.25, -0.2) is 14.2 Å². The first-order chi connectivity index (χ1) is 14.5. The second kappa shape index (κ2) is 9.59. The molecule has 3 aromatic rings. The van der Waals surface area contributed by atoms with E-state index in [2.05, 4.69) is 20.4 Å². The summed E-state index contributed by atoms with van der Waals surface area (Å²) in [6, 6.07) is 14.0. The number of rotatable bonds is 7. The number of amidine groups is 1. The number of aryl methyl sites for hydroxylation is 1. The van der Waals surface area contributed by atoms with Gasteiger partial charge in [-0.3, -0.25) is 4.99 Å². The van der Waals surface area contributed by atoms with Gasteiger partial charge in [0, 0.05) is 18.3 Å². The Balaban J connectivity index is 1.71. The van der Waals surface area contributed by atoms with E-state index in [1.54, 1.807) is 6.07 Å². The molecule has 0 spiro atoms. The summed E-state index contributed by atoms with van der Waals surface area (Å²) in [5, 5.41) is 7.29. The molecule has 9 nitrogen and oxygen atoms in total. The van der Waals surface area contributed by atoms with Crippen molar-refractivity contribution in [3.63, 3.8) is 0 Å². The van der Waals surface area contributed by atoms with Gasteiger partial charge in [-0.05, 0) is 28.5 Å². The molecule has 156 valence electrons. The summed E-state index contributed by atoms with van der Waals surface area (Å²) in [5.74, 6) is -0.630. The average molecular weight is 411 g/mol. The van der Waals surface area contributed by atoms with Crippen molar-refractivity contribution >= 4 is 11.7 Å². The van der Waals surface area contributed by atoms with Crippen LogP contribution >= 0.6 is 0 Å². The Hall–Kier alpha value is -3.82. The molecule has 1 aromatic heterocycles. The molecule has 0 radical (unpaired) electrons. The fourth-order valence-electron chi connectivity index (χ4n) is 2.79. The highest BCUT2D eigenvalue weighted by atomic mass is 19.1. The van der Waals surface area contributed by atoms with Crippen LogP contribution in [0.4, 0.5) is 4.39 Å². The van der Waals surface area contributed by atoms with E-state index in [4.69, 9.17) is 10.5 Å². The van der Waals surface area contributed by atoms with E-state index >= 15 is 0 Å². The van der Waals surface area contributed by atoms with Crippen LogP contribution in [0.3, 0.4) is 0 Å². The van der Waals surface area contributed by atoms with Crippen LogP contribution < -0.4 is 11.4 Å². The Morgan fingerprint density at radius 1 is 1.13 bits per heavy atom. The van der Waals surface area contributed by atoms with Crippen molar-refractivity contribution in [2.45, 2.75) is 20.0 Å². The molecule has 0 fully saturated rings. The first-order valence-corrected chi connectivity index (χ1v) is 9.29. The summed E-state index contributed by atoms with van der Waals surface area (Å²) < 4.78 is 21.7. The lowest BCUT2D eigenvalue weighted by molar-refractivity contribution is 0.285. The summed E-state index contributed by atoms with van der Waals surface area (Å²) in [6.07, 6.45) is 0.750. The maximum atomic E-state index is 14.4. The fourth-order valence-corrected chi connectivity index (χ4v) is 2.79. The number of halogens is 1. The zero-order valence-corrected chi connectivity index (χ0v) is 16.7. The Bertz CT molecular complexity index is 1120. The number of aromatic nitrogens is 4. The Kier molecular flexibility index (Phi) is 6.68. The maximum Gasteiger partial charge on any atom is 0.368 e. The topological polar surface area (TPSA) is 113 Å². The molecule has 0 aliphatic rings. The normalized spacial score (nSPS) is 12.2. The lowest BCUT2D eigenvalue weighted by atomic mass is 10.1. The van der Waals surface area contributed by atoms with Crippen LogP contribution in [0.2, 0.25) is 0 Å². The highest BCUT2D eigenvalue weighted by molar-refractivity contribution is 6.00. The molecular formula is C20H22FN7O2. The quantitative estimate of drug-likeness (QED) is 0.470. The second-order valence-corrected chi connectivity index (χ2v) is 6.30. The van der Waals surface area contributed by atoms with E-state index in [-0.39, 0.29) is 25.0 Å². The van der Waals surface area contributed by atoms with Crippen molar-refractivity contribution in [2.75, 3.05) is 6.67 Å². The number of ether oxygens (including phenoxy) is 1. The number of para-hydroxylation sites is 1. The number of hydrogen-bond donors (Lipinski definition) is 1. The number of nitrogens with zero attached hydrogens (tertiary/aromatic N) is 6. The monoisotopic (exact) mass is 411 g/mol. The number of benzene rings is 2. The Labute approximate surface area is 172 Å². The first kappa shape index (κ1) is 20.9. The van der Waals surface area contributed by atoms with Gasteiger partial charge in [-0.15, -0.1) is 0 Å². The van der Waals surface area contributed by atoms with Crippen LogP contribution in [0.5, 0.6) is 0 Å². The van der Waals surface area contributed by atoms with Gasteiger partial charge < -0.3 is 10.5 Å². The summed E-state index contributed by atoms with van der Waals surface area (Å²) in [4.78, 5) is 20.6. The van der Waals surface area contributed by atoms with Gasteiger partial charge in [0.2, 0.25) is 0 Å². The third-order valence-corrected chi connectivity index (χ3v) is 4.31. The molecule has 0 aliphatic carbocycles. The van der Waals surface area contributed by atoms with Crippen LogP contribution in [-0.2, 0) is 18.4 Å². The van der Waals surface area contributed by atoms with E-state index in [9.17, 15) is 9.18 Å². The third-order valence-electron chi connectivity index (χ3n) is 4.31. The maximum absolute atomic E-state index is 14.4. The third kappa shape index (κ3) is 4.77. The SMILES string of the molecule is CC/C(=N\C/N=C(\N)OCc1cccc(F)c1-n1nnn(C)c1=O)c1ccccc1. The number of aliphatic imine (C=N–C) groups is 2. The van der Waals surface area contributed by atoms with Crippen molar-refractivity contribution in [1.82, 2.24) is 19.8 Å². The van der Waals surface area contributed by atoms with Gasteiger partial charge in [0.15, 0.2) is 0 Å². The molecular weight excluding hydrogens is 389 g/mol. The van der Waals surface area contributed by atoms with Crippen LogP contribution in [0.25, 0.3) is 5.69 Å². The minimum absolute atomic E-state index is 0.0428. The standard InChI is InChI=1S/C20H22FN7O2/c1-3-17(14-8-5-4-6-9-14)23-13-24-19(22)30-12-15-10-7-11-16(21)18(15)28-20(29)27(2)25-26-28/h4-11H,3,12-13H2,1-2H3,(H2,22,24)/b23-17+. The molecule has 0 saturated heterocycles. The van der Waals surface area contributed by atoms with Gasteiger partial charge in [0.05, 0.1) is 0 Å². The van der Waals surface area contributed by atoms with E-state index in [1.165, 1.54) is 19.2 Å². The van der Waals surface area contributed by atoms with Crippen LogP contribution in [-0.4, -0.2) is 38.2 Å². The van der Waals surface area contributed by atoms with Crippen molar-refractivity contribution in [3.05, 3.63) is 76.0 Å². The smallest absolute Gasteiger partial charge is 0.368 e. The molecule has 0 atom stereocenters. The van der Waals surface area contributed by atoms with E-state index in [1.807, 2.05) is 37.3 Å². The number of hydrogen-bond acceptors (Lipinski definition) is 6. The van der Waals surface area contributed by atoms with Gasteiger partial charge in [-0.1, -0.05) is 49.4 Å². The van der Waals surface area contributed by atoms with Crippen molar-refractivity contribution in [3.8, 4) is 5.69 Å². The Morgan fingerprint density at radius 2 is 1.90 bits per heavy atom. The molecule has 10 heteroatoms. The lowest BCUT2D eigenvalue weighted by Gasteiger charge is -2.10. The van der Waals surface area contributed by atoms with Gasteiger partial charge in [-0.2, -0.15) is 9.36 Å². The molecule has 0 aliphatic heterocycles. The highest BCUT2D eigenvalue weighted by Crippen LogP contribution is 2.17. The molecule has 30 heavy (non-hydrogen) atoms. The fraction of sp³-hybridized carbons (Fsp3) is 0.250. The molecule has 0 bridgehead atoms. The highest BCUT2D eigenvalue weighted by Gasteiger charge is 2.16. The zero-order valence-electron chi connectivity index (χ0n) is 16.7. The minimum atomic E-state index is -0.630. The van der Waals surface area contributed by atoms with Crippen LogP contribution in [0.1, 0.15) is 24.5 Å². The minimum Gasteiger partial charge on any atom is -0.460 e. The number of nitrogens with two attached hydrogens (primary N) is 1. The molecule has 1 heterocycles. The summed E-state index contributed by atoms with van der Waals surface area (Å²) in [7, 11) is 1.42. The molecule has 2 N–H and O–H groups in total. The summed E-state index contributed by atoms with van der Waals surface area (Å²) in [5.41, 5.74) is 7.49. The molecule has 3 rings (SSSR count). The van der Waals surface area contributed by atoms with Crippen molar-refractivity contribution < 1.29 is 9.13 Å². The molecule has 0 amide bonds. The molecule has 0 unspecified atom stereocenters. The predicted octanol–water partition coefficient (Wildman–Crippen LogP) is 1.79. The van der Waals surface area contributed by atoms with E-state index in [0.29, 0.717) is 5.56 Å². The average Bonchev–Trinajstić information content (AvgIpc) is 3.08. The lowest BCUT2D eigenvalue weighted by Crippen LogP contribution is -2.24. The van der Waals surface area contributed by atoms with Crippen molar-refractivity contribution in [2.24, 2.45) is 22.8 Å². The summed E-state index contributed by atoms with van der Waals surface area (Å²) >= 11 is 0. The predicted molar refractivity (Wildman–Crippen MR) is 111 cm³/mol.